The molecule has 0 aliphatic heterocycles. The van der Waals surface area contributed by atoms with Crippen LogP contribution in [0, 0.1) is 5.92 Å². The fourth-order valence-corrected chi connectivity index (χ4v) is 1.35. The van der Waals surface area contributed by atoms with E-state index in [0.717, 1.165) is 24.5 Å². The Labute approximate surface area is 55.6 Å². The molecule has 0 aromatic carbocycles. The van der Waals surface area contributed by atoms with Crippen LogP contribution in [0.4, 0.5) is 0 Å². The Morgan fingerprint density at radius 3 is 2.89 bits per heavy atom. The number of rotatable bonds is 0. The molecule has 1 fully saturated rings. The van der Waals surface area contributed by atoms with Crippen molar-refractivity contribution in [2.45, 2.75) is 32.6 Å². The number of oxime groups is 1. The minimum atomic E-state index is 0.727. The molecule has 1 rings (SSSR count). The summed E-state index contributed by atoms with van der Waals surface area (Å²) in [4.78, 5) is 0. The molecular formula is C7H13NO. The van der Waals surface area contributed by atoms with Crippen LogP contribution in [-0.4, -0.2) is 10.9 Å². The summed E-state index contributed by atoms with van der Waals surface area (Å²) in [5.41, 5.74) is 0.980. The molecule has 1 atom stereocenters. The van der Waals surface area contributed by atoms with E-state index in [4.69, 9.17) is 5.21 Å². The first kappa shape index (κ1) is 6.59. The van der Waals surface area contributed by atoms with Crippen molar-refractivity contribution in [3.63, 3.8) is 0 Å². The maximum Gasteiger partial charge on any atom is 0.0573 e. The summed E-state index contributed by atoms with van der Waals surface area (Å²) >= 11 is 0. The van der Waals surface area contributed by atoms with Crippen molar-refractivity contribution in [2.75, 3.05) is 0 Å². The van der Waals surface area contributed by atoms with Gasteiger partial charge in [-0.3, -0.25) is 0 Å². The first-order valence-electron chi connectivity index (χ1n) is 3.52. The maximum absolute atomic E-state index is 8.40. The van der Waals surface area contributed by atoms with Crippen LogP contribution in [0.25, 0.3) is 0 Å². The second-order valence-corrected chi connectivity index (χ2v) is 2.87. The van der Waals surface area contributed by atoms with Crippen LogP contribution in [0.2, 0.25) is 0 Å². The van der Waals surface area contributed by atoms with Gasteiger partial charge in [-0.1, -0.05) is 12.1 Å². The molecule has 0 aromatic heterocycles. The van der Waals surface area contributed by atoms with Crippen LogP contribution in [-0.2, 0) is 0 Å². The molecular weight excluding hydrogens is 114 g/mol. The Hall–Kier alpha value is -0.530. The van der Waals surface area contributed by atoms with Gasteiger partial charge < -0.3 is 5.21 Å². The van der Waals surface area contributed by atoms with Gasteiger partial charge in [0.05, 0.1) is 5.71 Å². The van der Waals surface area contributed by atoms with Crippen LogP contribution in [0.5, 0.6) is 0 Å². The highest BCUT2D eigenvalue weighted by Crippen LogP contribution is 2.20. The highest BCUT2D eigenvalue weighted by Gasteiger charge is 2.13. The van der Waals surface area contributed by atoms with Gasteiger partial charge in [0.25, 0.3) is 0 Å². The number of nitrogens with zero attached hydrogens (tertiary/aromatic N) is 1. The Balaban J connectivity index is 2.41. The van der Waals surface area contributed by atoms with Gasteiger partial charge >= 0.3 is 0 Å². The largest absolute Gasteiger partial charge is 0.411 e. The summed E-state index contributed by atoms with van der Waals surface area (Å²) in [6, 6.07) is 0. The highest BCUT2D eigenvalue weighted by atomic mass is 16.4. The van der Waals surface area contributed by atoms with Crippen molar-refractivity contribution in [3.05, 3.63) is 0 Å². The van der Waals surface area contributed by atoms with Crippen molar-refractivity contribution in [3.8, 4) is 0 Å². The monoisotopic (exact) mass is 127 g/mol. The molecule has 1 aliphatic carbocycles. The van der Waals surface area contributed by atoms with Crippen molar-refractivity contribution in [2.24, 2.45) is 11.1 Å². The summed E-state index contributed by atoms with van der Waals surface area (Å²) in [5, 5.41) is 11.6. The number of hydrogen-bond acceptors (Lipinski definition) is 2. The third-order valence-electron chi connectivity index (χ3n) is 1.89. The van der Waals surface area contributed by atoms with E-state index < -0.39 is 0 Å². The predicted molar refractivity (Wildman–Crippen MR) is 36.9 cm³/mol. The normalized spacial score (nSPS) is 33.0. The molecule has 0 radical (unpaired) electrons. The lowest BCUT2D eigenvalue weighted by atomic mass is 9.89. The van der Waals surface area contributed by atoms with E-state index in [1.807, 2.05) is 0 Å². The zero-order valence-electron chi connectivity index (χ0n) is 5.80. The lowest BCUT2D eigenvalue weighted by molar-refractivity contribution is 0.311. The molecule has 1 aliphatic rings. The van der Waals surface area contributed by atoms with Gasteiger partial charge in [-0.15, -0.1) is 0 Å². The van der Waals surface area contributed by atoms with Gasteiger partial charge in [0.1, 0.15) is 0 Å². The minimum Gasteiger partial charge on any atom is -0.411 e. The van der Waals surface area contributed by atoms with E-state index in [9.17, 15) is 0 Å². The standard InChI is InChI=1S/C7H13NO/c1-6-3-2-4-7(5-6)8-9/h6,9H,2-5H2,1H3. The van der Waals surface area contributed by atoms with Gasteiger partial charge in [-0.2, -0.15) is 0 Å². The zero-order valence-corrected chi connectivity index (χ0v) is 5.80. The molecule has 9 heavy (non-hydrogen) atoms. The van der Waals surface area contributed by atoms with Gasteiger partial charge in [-0.25, -0.2) is 0 Å². The maximum atomic E-state index is 8.40. The van der Waals surface area contributed by atoms with Gasteiger partial charge in [-0.05, 0) is 31.6 Å². The summed E-state index contributed by atoms with van der Waals surface area (Å²) in [5.74, 6) is 0.727. The fourth-order valence-electron chi connectivity index (χ4n) is 1.35. The molecule has 2 nitrogen and oxygen atoms in total. The van der Waals surface area contributed by atoms with Gasteiger partial charge in [0, 0.05) is 0 Å². The Morgan fingerprint density at radius 1 is 1.67 bits per heavy atom. The molecule has 2 heteroatoms. The molecule has 52 valence electrons. The zero-order chi connectivity index (χ0) is 6.69. The third kappa shape index (κ3) is 1.70. The smallest absolute Gasteiger partial charge is 0.0573 e. The van der Waals surface area contributed by atoms with Gasteiger partial charge in [0.15, 0.2) is 0 Å². The van der Waals surface area contributed by atoms with Crippen molar-refractivity contribution in [1.29, 1.82) is 0 Å². The van der Waals surface area contributed by atoms with E-state index in [2.05, 4.69) is 12.1 Å². The summed E-state index contributed by atoms with van der Waals surface area (Å²) in [6.07, 6.45) is 4.48. The lowest BCUT2D eigenvalue weighted by Gasteiger charge is -2.17. The average Bonchev–Trinajstić information content (AvgIpc) is 1.88. The second-order valence-electron chi connectivity index (χ2n) is 2.87. The highest BCUT2D eigenvalue weighted by molar-refractivity contribution is 5.84. The average molecular weight is 127 g/mol. The fraction of sp³-hybridized carbons (Fsp3) is 0.857. The Morgan fingerprint density at radius 2 is 2.44 bits per heavy atom. The Bertz CT molecular complexity index is 120. The summed E-state index contributed by atoms with van der Waals surface area (Å²) in [7, 11) is 0. The first-order valence-corrected chi connectivity index (χ1v) is 3.52. The van der Waals surface area contributed by atoms with Crippen molar-refractivity contribution < 1.29 is 5.21 Å². The SMILES string of the molecule is CC1CCCC(=NO)C1. The van der Waals surface area contributed by atoms with Crippen LogP contribution in [0.1, 0.15) is 32.6 Å². The predicted octanol–water partition coefficient (Wildman–Crippen LogP) is 2.03. The van der Waals surface area contributed by atoms with Crippen molar-refractivity contribution >= 4 is 5.71 Å². The molecule has 0 heterocycles. The van der Waals surface area contributed by atoms with E-state index in [-0.39, 0.29) is 0 Å². The van der Waals surface area contributed by atoms with Crippen molar-refractivity contribution in [1.82, 2.24) is 0 Å². The Kier molecular flexibility index (Phi) is 2.09. The molecule has 0 amide bonds. The van der Waals surface area contributed by atoms with Crippen LogP contribution in [0.3, 0.4) is 0 Å². The molecule has 1 saturated carbocycles. The second kappa shape index (κ2) is 2.85. The molecule has 0 saturated heterocycles. The quantitative estimate of drug-likeness (QED) is 0.392. The first-order chi connectivity index (χ1) is 4.33. The van der Waals surface area contributed by atoms with Gasteiger partial charge in [0.2, 0.25) is 0 Å². The summed E-state index contributed by atoms with van der Waals surface area (Å²) in [6.45, 7) is 2.20. The third-order valence-corrected chi connectivity index (χ3v) is 1.89. The number of hydrogen-bond donors (Lipinski definition) is 1. The molecule has 1 unspecified atom stereocenters. The molecule has 0 bridgehead atoms. The topological polar surface area (TPSA) is 32.6 Å². The van der Waals surface area contributed by atoms with E-state index >= 15 is 0 Å². The minimum absolute atomic E-state index is 0.727. The molecule has 1 N–H and O–H groups in total. The van der Waals surface area contributed by atoms with Crippen LogP contribution in [0.15, 0.2) is 5.16 Å². The van der Waals surface area contributed by atoms with Crippen LogP contribution >= 0.6 is 0 Å². The summed E-state index contributed by atoms with van der Waals surface area (Å²) < 4.78 is 0. The molecule has 0 aromatic rings. The molecule has 0 spiro atoms. The van der Waals surface area contributed by atoms with E-state index in [1.165, 1.54) is 12.8 Å². The lowest BCUT2D eigenvalue weighted by Crippen LogP contribution is -2.12. The van der Waals surface area contributed by atoms with E-state index in [1.54, 1.807) is 0 Å². The van der Waals surface area contributed by atoms with E-state index in [0.29, 0.717) is 0 Å². The van der Waals surface area contributed by atoms with Crippen LogP contribution < -0.4 is 0 Å².